The largest absolute Gasteiger partial charge is 0.456 e. The van der Waals surface area contributed by atoms with Crippen molar-refractivity contribution in [2.75, 3.05) is 20.2 Å². The Kier molecular flexibility index (Phi) is 7.58. The van der Waals surface area contributed by atoms with Crippen LogP contribution in [0.25, 0.3) is 0 Å². The highest BCUT2D eigenvalue weighted by molar-refractivity contribution is 5.92. The number of carbonyl (C=O) groups excluding carboxylic acids is 2. The Labute approximate surface area is 203 Å². The van der Waals surface area contributed by atoms with E-state index >= 15 is 0 Å². The van der Waals surface area contributed by atoms with Crippen LogP contribution in [0.2, 0.25) is 0 Å². The molecule has 4 rings (SSSR count). The van der Waals surface area contributed by atoms with Gasteiger partial charge in [0.15, 0.2) is 18.1 Å². The Hall–Kier alpha value is -3.08. The number of aromatic nitrogens is 2. The highest BCUT2D eigenvalue weighted by atomic mass is 16.7. The first-order chi connectivity index (χ1) is 17.1. The molecule has 6 N–H and O–H groups in total. The first kappa shape index (κ1) is 26.0. The van der Waals surface area contributed by atoms with Crippen LogP contribution in [0, 0.1) is 0 Å². The van der Waals surface area contributed by atoms with Crippen LogP contribution >= 0.6 is 0 Å². The Morgan fingerprint density at radius 2 is 1.89 bits per heavy atom. The van der Waals surface area contributed by atoms with Crippen LogP contribution in [0.5, 0.6) is 0 Å². The quantitative estimate of drug-likeness (QED) is 0.239. The number of amides is 2. The highest BCUT2D eigenvalue weighted by Crippen LogP contribution is 2.34. The molecule has 15 heteroatoms. The fourth-order valence-corrected chi connectivity index (χ4v) is 4.46. The van der Waals surface area contributed by atoms with Gasteiger partial charge < -0.3 is 44.9 Å². The second kappa shape index (κ2) is 10.5. The van der Waals surface area contributed by atoms with Gasteiger partial charge in [-0.3, -0.25) is 23.9 Å². The van der Waals surface area contributed by atoms with Gasteiger partial charge in [-0.05, 0) is 18.9 Å². The molecule has 1 aromatic rings. The monoisotopic (exact) mass is 512 g/mol. The summed E-state index contributed by atoms with van der Waals surface area (Å²) in [6, 6.07) is 1.04. The molecule has 3 aliphatic heterocycles. The topological polar surface area (TPSA) is 216 Å². The zero-order valence-corrected chi connectivity index (χ0v) is 19.3. The summed E-state index contributed by atoms with van der Waals surface area (Å²) in [6.07, 6.45) is -8.49. The van der Waals surface area contributed by atoms with Gasteiger partial charge in [-0.25, -0.2) is 4.79 Å². The fraction of sp³-hybridized carbons (Fsp3) is 0.619. The Morgan fingerprint density at radius 1 is 1.19 bits per heavy atom. The highest BCUT2D eigenvalue weighted by Gasteiger charge is 2.52. The molecule has 2 amide bonds. The summed E-state index contributed by atoms with van der Waals surface area (Å²) in [5, 5.41) is 31.4. The second-order valence-electron chi connectivity index (χ2n) is 8.66. The van der Waals surface area contributed by atoms with E-state index in [1.54, 1.807) is 0 Å². The third-order valence-corrected chi connectivity index (χ3v) is 6.30. The van der Waals surface area contributed by atoms with Crippen LogP contribution in [0.1, 0.15) is 19.1 Å². The molecule has 36 heavy (non-hydrogen) atoms. The summed E-state index contributed by atoms with van der Waals surface area (Å²) in [5.41, 5.74) is 3.96. The molecule has 0 bridgehead atoms. The number of H-pyrrole nitrogens is 1. The second-order valence-corrected chi connectivity index (χ2v) is 8.66. The Balaban J connectivity index is 1.56. The molecule has 8 atom stereocenters. The van der Waals surface area contributed by atoms with Gasteiger partial charge in [-0.2, -0.15) is 0 Å². The number of nitrogens with zero attached hydrogens (tertiary/aromatic N) is 2. The number of ether oxygens (including phenoxy) is 4. The number of hydrogen-bond acceptors (Lipinski definition) is 11. The van der Waals surface area contributed by atoms with Gasteiger partial charge in [0.25, 0.3) is 11.5 Å². The summed E-state index contributed by atoms with van der Waals surface area (Å²) in [7, 11) is 1.21. The maximum Gasteiger partial charge on any atom is 0.330 e. The predicted molar refractivity (Wildman–Crippen MR) is 117 cm³/mol. The van der Waals surface area contributed by atoms with Gasteiger partial charge in [0.1, 0.15) is 30.5 Å². The molecular formula is C21H28N4O11. The number of likely N-dealkylation sites (tertiary alicyclic amines) is 1. The number of carbonyl (C=O) groups is 2. The SMILES string of the molecule is CO[C@H]1[C@@H](O)[C@H](n2ccc(=O)[nH]c2=O)O[C@@H]1[C@@H](O[C@H]1OC(C(=O)N2CCCC2)=C[C@H](O)[C@@H]1O)C(N)=O. The van der Waals surface area contributed by atoms with Crippen LogP contribution in [0.3, 0.4) is 0 Å². The van der Waals surface area contributed by atoms with E-state index in [0.29, 0.717) is 13.1 Å². The number of aromatic amines is 1. The molecular weight excluding hydrogens is 484 g/mol. The molecule has 3 aliphatic rings. The summed E-state index contributed by atoms with van der Waals surface area (Å²) in [4.78, 5) is 52.2. The van der Waals surface area contributed by atoms with Gasteiger partial charge in [-0.15, -0.1) is 0 Å². The van der Waals surface area contributed by atoms with E-state index in [9.17, 15) is 34.5 Å². The van der Waals surface area contributed by atoms with Gasteiger partial charge in [0.05, 0.1) is 0 Å². The van der Waals surface area contributed by atoms with Crippen LogP contribution in [0.4, 0.5) is 0 Å². The van der Waals surface area contributed by atoms with Crippen LogP contribution < -0.4 is 17.0 Å². The molecule has 0 aromatic carbocycles. The third-order valence-electron chi connectivity index (χ3n) is 6.30. The average molecular weight is 512 g/mol. The lowest BCUT2D eigenvalue weighted by atomic mass is 10.0. The van der Waals surface area contributed by atoms with Gasteiger partial charge in [-0.1, -0.05) is 0 Å². The van der Waals surface area contributed by atoms with Crippen molar-refractivity contribution >= 4 is 11.8 Å². The molecule has 2 saturated heterocycles. The van der Waals surface area contributed by atoms with Crippen molar-refractivity contribution in [3.8, 4) is 0 Å². The zero-order valence-electron chi connectivity index (χ0n) is 19.3. The zero-order chi connectivity index (χ0) is 26.1. The molecule has 0 saturated carbocycles. The minimum atomic E-state index is -1.72. The van der Waals surface area contributed by atoms with Gasteiger partial charge in [0, 0.05) is 32.5 Å². The maximum atomic E-state index is 12.7. The number of primary amides is 1. The van der Waals surface area contributed by atoms with Crippen molar-refractivity contribution < 1.29 is 43.9 Å². The molecule has 198 valence electrons. The smallest absolute Gasteiger partial charge is 0.330 e. The molecule has 1 aromatic heterocycles. The first-order valence-electron chi connectivity index (χ1n) is 11.3. The fourth-order valence-electron chi connectivity index (χ4n) is 4.46. The Bertz CT molecular complexity index is 1130. The number of nitrogens with two attached hydrogens (primary N) is 1. The van der Waals surface area contributed by atoms with Gasteiger partial charge >= 0.3 is 5.69 Å². The van der Waals surface area contributed by atoms with E-state index in [0.717, 1.165) is 35.7 Å². The van der Waals surface area contributed by atoms with Crippen LogP contribution in [0.15, 0.2) is 33.7 Å². The van der Waals surface area contributed by atoms with E-state index in [1.165, 1.54) is 12.0 Å². The van der Waals surface area contributed by atoms with E-state index < -0.39 is 72.2 Å². The van der Waals surface area contributed by atoms with Gasteiger partial charge in [0.2, 0.25) is 12.2 Å². The number of aliphatic hydroxyl groups excluding tert-OH is 3. The van der Waals surface area contributed by atoms with Crippen molar-refractivity contribution in [2.24, 2.45) is 5.73 Å². The summed E-state index contributed by atoms with van der Waals surface area (Å²) in [5.74, 6) is -1.88. The van der Waals surface area contributed by atoms with E-state index in [-0.39, 0.29) is 5.76 Å². The molecule has 2 fully saturated rings. The van der Waals surface area contributed by atoms with Crippen LogP contribution in [-0.2, 0) is 28.5 Å². The van der Waals surface area contributed by atoms with Crippen molar-refractivity contribution in [3.63, 3.8) is 0 Å². The standard InChI is InChI=1S/C21H28N4O11/c1-33-14-13(29)19(25-7-4-11(27)23-21(25)32)35-15(14)16(17(22)30)36-20-12(28)9(26)8-10(34-20)18(31)24-5-2-3-6-24/h4,7-9,12-16,19-20,26,28-29H,2-3,5-6H2,1H3,(H2,22,30)(H,23,27,32)/t9-,12-,13+,14-,15-,16+,19+,20+/m0/s1. The average Bonchev–Trinajstić information content (AvgIpc) is 3.47. The van der Waals surface area contributed by atoms with Crippen LogP contribution in [-0.4, -0.2) is 105 Å². The summed E-state index contributed by atoms with van der Waals surface area (Å²) < 4.78 is 23.0. The number of aliphatic hydroxyl groups is 3. The molecule has 0 aliphatic carbocycles. The summed E-state index contributed by atoms with van der Waals surface area (Å²) in [6.45, 7) is 1.00. The molecule has 4 heterocycles. The maximum absolute atomic E-state index is 12.7. The number of nitrogens with one attached hydrogen (secondary N) is 1. The van der Waals surface area contributed by atoms with Crippen molar-refractivity contribution in [1.29, 1.82) is 0 Å². The number of rotatable bonds is 7. The molecule has 0 spiro atoms. The third kappa shape index (κ3) is 4.93. The Morgan fingerprint density at radius 3 is 2.50 bits per heavy atom. The minimum Gasteiger partial charge on any atom is -0.456 e. The predicted octanol–water partition coefficient (Wildman–Crippen LogP) is -3.74. The molecule has 0 radical (unpaired) electrons. The molecule has 0 unspecified atom stereocenters. The van der Waals surface area contributed by atoms with E-state index in [1.807, 2.05) is 4.98 Å². The van der Waals surface area contributed by atoms with Crippen molar-refractivity contribution in [3.05, 3.63) is 44.9 Å². The van der Waals surface area contributed by atoms with Crippen molar-refractivity contribution in [2.45, 2.75) is 62.0 Å². The molecule has 15 nitrogen and oxygen atoms in total. The lowest BCUT2D eigenvalue weighted by molar-refractivity contribution is -0.241. The number of hydrogen-bond donors (Lipinski definition) is 5. The van der Waals surface area contributed by atoms with E-state index in [2.05, 4.69) is 0 Å². The van der Waals surface area contributed by atoms with E-state index in [4.69, 9.17) is 24.7 Å². The lowest BCUT2D eigenvalue weighted by Gasteiger charge is -2.35. The lowest BCUT2D eigenvalue weighted by Crippen LogP contribution is -2.54. The normalized spacial score (nSPS) is 33.2. The number of methoxy groups -OCH3 is 1. The first-order valence-corrected chi connectivity index (χ1v) is 11.3. The minimum absolute atomic E-state index is 0.267. The van der Waals surface area contributed by atoms with Crippen molar-refractivity contribution in [1.82, 2.24) is 14.5 Å². The summed E-state index contributed by atoms with van der Waals surface area (Å²) >= 11 is 0.